The summed E-state index contributed by atoms with van der Waals surface area (Å²) in [6, 6.07) is 2.91. The molecule has 1 aromatic rings. The Bertz CT molecular complexity index is 469. The fourth-order valence-electron chi connectivity index (χ4n) is 2.02. The van der Waals surface area contributed by atoms with Gasteiger partial charge in [-0.25, -0.2) is 8.78 Å². The first kappa shape index (κ1) is 16.0. The number of Topliss-reactive ketones (excluding diaryl/α,β-unsaturated/α-hetero) is 1. The van der Waals surface area contributed by atoms with Gasteiger partial charge < -0.3 is 9.64 Å². The third kappa shape index (κ3) is 5.89. The minimum atomic E-state index is -0.722. The molecular formula is C16H21F2NO2. The molecule has 1 fully saturated rings. The highest BCUT2D eigenvalue weighted by molar-refractivity contribution is 5.96. The number of hydrogen-bond acceptors (Lipinski definition) is 3. The number of carbonyl (C=O) groups excluding carboxylic acids is 1. The van der Waals surface area contributed by atoms with E-state index in [1.165, 1.54) is 12.8 Å². The summed E-state index contributed by atoms with van der Waals surface area (Å²) < 4.78 is 31.6. The third-order valence-corrected chi connectivity index (χ3v) is 3.57. The minimum absolute atomic E-state index is 0.0888. The molecule has 1 aliphatic carbocycles. The Morgan fingerprint density at radius 2 is 1.90 bits per heavy atom. The number of ketones is 1. The maximum Gasteiger partial charge on any atom is 0.164 e. The fraction of sp³-hybridized carbons (Fsp3) is 0.562. The number of likely N-dealkylation sites (N-methyl/N-ethyl adjacent to an activating group) is 1. The zero-order chi connectivity index (χ0) is 15.2. The number of hydrogen-bond donors (Lipinski definition) is 0. The van der Waals surface area contributed by atoms with Gasteiger partial charge in [-0.15, -0.1) is 0 Å². The summed E-state index contributed by atoms with van der Waals surface area (Å²) in [7, 11) is 1.90. The van der Waals surface area contributed by atoms with E-state index in [2.05, 4.69) is 0 Å². The van der Waals surface area contributed by atoms with Gasteiger partial charge in [0.2, 0.25) is 0 Å². The van der Waals surface area contributed by atoms with Crippen molar-refractivity contribution in [3.63, 3.8) is 0 Å². The molecule has 0 aromatic heterocycles. The van der Waals surface area contributed by atoms with Gasteiger partial charge in [0, 0.05) is 37.7 Å². The van der Waals surface area contributed by atoms with Gasteiger partial charge in [0.05, 0.1) is 6.61 Å². The monoisotopic (exact) mass is 297 g/mol. The standard InChI is InChI=1S/C16H21F2NO2/c1-19(6-7-21-11-12-2-3-12)5-4-16(20)13-8-14(17)10-15(18)9-13/h8-10,12H,2-7,11H2,1H3. The first-order valence-electron chi connectivity index (χ1n) is 7.30. The van der Waals surface area contributed by atoms with Crippen molar-refractivity contribution >= 4 is 5.78 Å². The van der Waals surface area contributed by atoms with Crippen LogP contribution in [-0.2, 0) is 4.74 Å². The van der Waals surface area contributed by atoms with Gasteiger partial charge in [-0.05, 0) is 37.9 Å². The van der Waals surface area contributed by atoms with Crippen LogP contribution in [0.3, 0.4) is 0 Å². The maximum absolute atomic E-state index is 13.0. The van der Waals surface area contributed by atoms with E-state index in [0.717, 1.165) is 37.3 Å². The lowest BCUT2D eigenvalue weighted by Crippen LogP contribution is -2.26. The van der Waals surface area contributed by atoms with E-state index in [1.807, 2.05) is 11.9 Å². The van der Waals surface area contributed by atoms with Crippen molar-refractivity contribution in [2.24, 2.45) is 5.92 Å². The molecule has 2 rings (SSSR count). The van der Waals surface area contributed by atoms with Crippen LogP contribution in [-0.4, -0.2) is 44.0 Å². The molecule has 0 amide bonds. The highest BCUT2D eigenvalue weighted by Crippen LogP contribution is 2.28. The minimum Gasteiger partial charge on any atom is -0.380 e. The SMILES string of the molecule is CN(CCOCC1CC1)CCC(=O)c1cc(F)cc(F)c1. The molecule has 0 atom stereocenters. The van der Waals surface area contributed by atoms with Crippen molar-refractivity contribution in [1.29, 1.82) is 0 Å². The lowest BCUT2D eigenvalue weighted by molar-refractivity contribution is 0.0917. The number of carbonyl (C=O) groups is 1. The molecule has 0 radical (unpaired) electrons. The Labute approximate surface area is 123 Å². The maximum atomic E-state index is 13.0. The smallest absolute Gasteiger partial charge is 0.164 e. The Balaban J connectivity index is 1.67. The zero-order valence-corrected chi connectivity index (χ0v) is 12.3. The molecule has 3 nitrogen and oxygen atoms in total. The van der Waals surface area contributed by atoms with E-state index in [1.54, 1.807) is 0 Å². The highest BCUT2D eigenvalue weighted by Gasteiger charge is 2.21. The number of benzene rings is 1. The normalized spacial score (nSPS) is 14.7. The molecule has 116 valence electrons. The second-order valence-electron chi connectivity index (χ2n) is 5.65. The second kappa shape index (κ2) is 7.61. The van der Waals surface area contributed by atoms with Crippen molar-refractivity contribution in [2.75, 3.05) is 33.4 Å². The predicted molar refractivity (Wildman–Crippen MR) is 76.3 cm³/mol. The van der Waals surface area contributed by atoms with Gasteiger partial charge >= 0.3 is 0 Å². The Morgan fingerprint density at radius 3 is 2.52 bits per heavy atom. The van der Waals surface area contributed by atoms with E-state index in [9.17, 15) is 13.6 Å². The summed E-state index contributed by atoms with van der Waals surface area (Å²) in [5.74, 6) is -0.945. The fourth-order valence-corrected chi connectivity index (χ4v) is 2.02. The van der Waals surface area contributed by atoms with Gasteiger partial charge in [-0.3, -0.25) is 4.79 Å². The summed E-state index contributed by atoms with van der Waals surface area (Å²) in [6.45, 7) is 2.77. The number of rotatable bonds is 9. The van der Waals surface area contributed by atoms with E-state index >= 15 is 0 Å². The van der Waals surface area contributed by atoms with Crippen LogP contribution in [0.4, 0.5) is 8.78 Å². The number of ether oxygens (including phenoxy) is 1. The van der Waals surface area contributed by atoms with Crippen LogP contribution in [0.5, 0.6) is 0 Å². The second-order valence-corrected chi connectivity index (χ2v) is 5.65. The lowest BCUT2D eigenvalue weighted by Gasteiger charge is -2.16. The Hall–Kier alpha value is -1.33. The van der Waals surface area contributed by atoms with Crippen molar-refractivity contribution in [1.82, 2.24) is 4.90 Å². The zero-order valence-electron chi connectivity index (χ0n) is 12.3. The Morgan fingerprint density at radius 1 is 1.24 bits per heavy atom. The van der Waals surface area contributed by atoms with Crippen LogP contribution in [0.1, 0.15) is 29.6 Å². The van der Waals surface area contributed by atoms with E-state index in [-0.39, 0.29) is 17.8 Å². The average molecular weight is 297 g/mol. The van der Waals surface area contributed by atoms with E-state index in [0.29, 0.717) is 13.2 Å². The summed E-state index contributed by atoms with van der Waals surface area (Å²) in [4.78, 5) is 13.9. The summed E-state index contributed by atoms with van der Waals surface area (Å²) in [6.07, 6.45) is 2.78. The van der Waals surface area contributed by atoms with Crippen LogP contribution in [0.2, 0.25) is 0 Å². The van der Waals surface area contributed by atoms with Crippen LogP contribution in [0.15, 0.2) is 18.2 Å². The van der Waals surface area contributed by atoms with Crippen LogP contribution >= 0.6 is 0 Å². The van der Waals surface area contributed by atoms with Gasteiger partial charge in [-0.1, -0.05) is 0 Å². The number of halogens is 2. The van der Waals surface area contributed by atoms with Crippen molar-refractivity contribution < 1.29 is 18.3 Å². The van der Waals surface area contributed by atoms with E-state index < -0.39 is 11.6 Å². The molecule has 0 N–H and O–H groups in total. The largest absolute Gasteiger partial charge is 0.380 e. The third-order valence-electron chi connectivity index (χ3n) is 3.57. The average Bonchev–Trinajstić information content (AvgIpc) is 3.24. The predicted octanol–water partition coefficient (Wildman–Crippen LogP) is 2.90. The molecule has 0 bridgehead atoms. The molecule has 0 heterocycles. The molecule has 1 saturated carbocycles. The van der Waals surface area contributed by atoms with Crippen molar-refractivity contribution in [3.8, 4) is 0 Å². The van der Waals surface area contributed by atoms with Crippen molar-refractivity contribution in [2.45, 2.75) is 19.3 Å². The molecule has 0 spiro atoms. The molecule has 0 saturated heterocycles. The summed E-state index contributed by atoms with van der Waals surface area (Å²) in [5.41, 5.74) is 0.0888. The first-order chi connectivity index (χ1) is 10.0. The molecule has 1 aromatic carbocycles. The van der Waals surface area contributed by atoms with Crippen molar-refractivity contribution in [3.05, 3.63) is 35.4 Å². The van der Waals surface area contributed by atoms with Gasteiger partial charge in [0.25, 0.3) is 0 Å². The van der Waals surface area contributed by atoms with Gasteiger partial charge in [-0.2, -0.15) is 0 Å². The summed E-state index contributed by atoms with van der Waals surface area (Å²) >= 11 is 0. The molecular weight excluding hydrogens is 276 g/mol. The number of nitrogens with zero attached hydrogens (tertiary/aromatic N) is 1. The highest BCUT2D eigenvalue weighted by atomic mass is 19.1. The topological polar surface area (TPSA) is 29.5 Å². The van der Waals surface area contributed by atoms with Crippen LogP contribution in [0, 0.1) is 17.6 Å². The van der Waals surface area contributed by atoms with Crippen LogP contribution < -0.4 is 0 Å². The van der Waals surface area contributed by atoms with Gasteiger partial charge in [0.1, 0.15) is 11.6 Å². The molecule has 5 heteroatoms. The molecule has 0 unspecified atom stereocenters. The first-order valence-corrected chi connectivity index (χ1v) is 7.30. The quantitative estimate of drug-likeness (QED) is 0.518. The van der Waals surface area contributed by atoms with Gasteiger partial charge in [0.15, 0.2) is 5.78 Å². The molecule has 1 aliphatic rings. The van der Waals surface area contributed by atoms with E-state index in [4.69, 9.17) is 4.74 Å². The van der Waals surface area contributed by atoms with Crippen LogP contribution in [0.25, 0.3) is 0 Å². The molecule has 21 heavy (non-hydrogen) atoms. The Kier molecular flexibility index (Phi) is 5.82. The molecule has 0 aliphatic heterocycles. The lowest BCUT2D eigenvalue weighted by atomic mass is 10.1. The summed E-state index contributed by atoms with van der Waals surface area (Å²) in [5, 5.41) is 0.